The number of hydrogen-bond acceptors (Lipinski definition) is 1. The van der Waals surface area contributed by atoms with Crippen LogP contribution in [-0.2, 0) is 0 Å². The normalized spacial score (nSPS) is 15.9. The van der Waals surface area contributed by atoms with E-state index in [0.717, 1.165) is 15.2 Å². The fourth-order valence-corrected chi connectivity index (χ4v) is 2.36. The molecule has 1 nitrogen and oxygen atoms in total. The first kappa shape index (κ1) is 9.35. The van der Waals surface area contributed by atoms with Crippen molar-refractivity contribution in [2.24, 2.45) is 0 Å². The molecule has 0 aromatic heterocycles. The minimum Gasteiger partial charge on any atom is -0.496 e. The largest absolute Gasteiger partial charge is 0.496 e. The van der Waals surface area contributed by atoms with Crippen LogP contribution in [0.4, 0.5) is 0 Å². The van der Waals surface area contributed by atoms with Crippen molar-refractivity contribution in [3.05, 3.63) is 27.2 Å². The van der Waals surface area contributed by atoms with E-state index in [4.69, 9.17) is 16.3 Å². The molecule has 13 heavy (non-hydrogen) atoms. The standard InChI is InChI=1S/C10H10BrClO/c1-13-10-4-7(6-2-3-6)9(12)5-8(10)11/h4-6H,2-3H2,1H3. The van der Waals surface area contributed by atoms with Crippen LogP contribution in [0.1, 0.15) is 24.3 Å². The summed E-state index contributed by atoms with van der Waals surface area (Å²) in [6, 6.07) is 3.94. The number of rotatable bonds is 2. The van der Waals surface area contributed by atoms with Gasteiger partial charge >= 0.3 is 0 Å². The van der Waals surface area contributed by atoms with Gasteiger partial charge in [-0.1, -0.05) is 11.6 Å². The van der Waals surface area contributed by atoms with Crippen molar-refractivity contribution in [2.45, 2.75) is 18.8 Å². The predicted molar refractivity (Wildman–Crippen MR) is 57.7 cm³/mol. The summed E-state index contributed by atoms with van der Waals surface area (Å²) >= 11 is 9.51. The minimum atomic E-state index is 0.662. The van der Waals surface area contributed by atoms with Gasteiger partial charge in [0.05, 0.1) is 11.6 Å². The van der Waals surface area contributed by atoms with Crippen molar-refractivity contribution >= 4 is 27.5 Å². The van der Waals surface area contributed by atoms with Gasteiger partial charge in [0.15, 0.2) is 0 Å². The van der Waals surface area contributed by atoms with E-state index < -0.39 is 0 Å². The van der Waals surface area contributed by atoms with E-state index in [1.807, 2.05) is 12.1 Å². The molecule has 0 unspecified atom stereocenters. The average molecular weight is 262 g/mol. The molecule has 0 N–H and O–H groups in total. The van der Waals surface area contributed by atoms with Crippen LogP contribution in [0.5, 0.6) is 5.75 Å². The number of hydrogen-bond donors (Lipinski definition) is 0. The first-order valence-corrected chi connectivity index (χ1v) is 5.42. The maximum atomic E-state index is 6.11. The van der Waals surface area contributed by atoms with Gasteiger partial charge in [-0.25, -0.2) is 0 Å². The average Bonchev–Trinajstić information content (AvgIpc) is 2.88. The van der Waals surface area contributed by atoms with Crippen LogP contribution in [0.2, 0.25) is 5.02 Å². The summed E-state index contributed by atoms with van der Waals surface area (Å²) < 4.78 is 6.13. The fourth-order valence-electron chi connectivity index (χ4n) is 1.41. The third-order valence-corrected chi connectivity index (χ3v) is 3.24. The Hall–Kier alpha value is -0.210. The maximum Gasteiger partial charge on any atom is 0.133 e. The molecule has 1 aliphatic rings. The van der Waals surface area contributed by atoms with Crippen LogP contribution in [0.25, 0.3) is 0 Å². The lowest BCUT2D eigenvalue weighted by molar-refractivity contribution is 0.411. The molecule has 0 heterocycles. The maximum absolute atomic E-state index is 6.11. The van der Waals surface area contributed by atoms with Gasteiger partial charge in [0.25, 0.3) is 0 Å². The first-order valence-electron chi connectivity index (χ1n) is 4.25. The first-order chi connectivity index (χ1) is 6.22. The van der Waals surface area contributed by atoms with E-state index in [-0.39, 0.29) is 0 Å². The number of halogens is 2. The van der Waals surface area contributed by atoms with Crippen molar-refractivity contribution in [3.63, 3.8) is 0 Å². The van der Waals surface area contributed by atoms with Crippen LogP contribution < -0.4 is 4.74 Å². The van der Waals surface area contributed by atoms with Gasteiger partial charge in [-0.3, -0.25) is 0 Å². The van der Waals surface area contributed by atoms with Gasteiger partial charge in [0, 0.05) is 5.02 Å². The Kier molecular flexibility index (Phi) is 2.52. The molecule has 0 bridgehead atoms. The molecule has 1 aromatic rings. The highest BCUT2D eigenvalue weighted by atomic mass is 79.9. The summed E-state index contributed by atoms with van der Waals surface area (Å²) in [5, 5.41) is 0.843. The van der Waals surface area contributed by atoms with Gasteiger partial charge in [0.1, 0.15) is 5.75 Å². The molecule has 70 valence electrons. The Bertz CT molecular complexity index is 334. The lowest BCUT2D eigenvalue weighted by Gasteiger charge is -2.07. The van der Waals surface area contributed by atoms with Crippen molar-refractivity contribution in [3.8, 4) is 5.75 Å². The van der Waals surface area contributed by atoms with Crippen molar-refractivity contribution in [1.82, 2.24) is 0 Å². The monoisotopic (exact) mass is 260 g/mol. The molecular weight excluding hydrogens is 251 g/mol. The van der Waals surface area contributed by atoms with Gasteiger partial charge in [-0.05, 0) is 52.4 Å². The molecule has 1 fully saturated rings. The molecule has 0 spiro atoms. The fraction of sp³-hybridized carbons (Fsp3) is 0.400. The Labute approximate surface area is 91.2 Å². The van der Waals surface area contributed by atoms with Crippen LogP contribution in [0.15, 0.2) is 16.6 Å². The third-order valence-electron chi connectivity index (χ3n) is 2.29. The van der Waals surface area contributed by atoms with Gasteiger partial charge in [-0.2, -0.15) is 0 Å². The predicted octanol–water partition coefficient (Wildman–Crippen LogP) is 3.99. The van der Waals surface area contributed by atoms with Gasteiger partial charge in [0.2, 0.25) is 0 Å². The second-order valence-electron chi connectivity index (χ2n) is 3.28. The minimum absolute atomic E-state index is 0.662. The molecule has 2 rings (SSSR count). The zero-order chi connectivity index (χ0) is 9.42. The second kappa shape index (κ2) is 3.50. The number of benzene rings is 1. The van der Waals surface area contributed by atoms with E-state index in [1.165, 1.54) is 18.4 Å². The molecule has 0 radical (unpaired) electrons. The summed E-state index contributed by atoms with van der Waals surface area (Å²) in [4.78, 5) is 0. The van der Waals surface area contributed by atoms with E-state index in [0.29, 0.717) is 5.92 Å². The summed E-state index contributed by atoms with van der Waals surface area (Å²) in [6.45, 7) is 0. The van der Waals surface area contributed by atoms with Crippen LogP contribution in [0, 0.1) is 0 Å². The van der Waals surface area contributed by atoms with Crippen molar-refractivity contribution in [1.29, 1.82) is 0 Å². The second-order valence-corrected chi connectivity index (χ2v) is 4.54. The molecule has 3 heteroatoms. The molecule has 1 aromatic carbocycles. The molecule has 1 aliphatic carbocycles. The van der Waals surface area contributed by atoms with Crippen LogP contribution in [-0.4, -0.2) is 7.11 Å². The van der Waals surface area contributed by atoms with Crippen LogP contribution in [0.3, 0.4) is 0 Å². The van der Waals surface area contributed by atoms with Crippen molar-refractivity contribution < 1.29 is 4.74 Å². The van der Waals surface area contributed by atoms with Crippen molar-refractivity contribution in [2.75, 3.05) is 7.11 Å². The Balaban J connectivity index is 2.44. The Morgan fingerprint density at radius 3 is 2.69 bits per heavy atom. The highest BCUT2D eigenvalue weighted by molar-refractivity contribution is 9.10. The summed E-state index contributed by atoms with van der Waals surface area (Å²) in [5.74, 6) is 1.53. The quantitative estimate of drug-likeness (QED) is 0.782. The van der Waals surface area contributed by atoms with Gasteiger partial charge < -0.3 is 4.74 Å². The molecule has 0 saturated heterocycles. The smallest absolute Gasteiger partial charge is 0.133 e. The SMILES string of the molecule is COc1cc(C2CC2)c(Cl)cc1Br. The third kappa shape index (κ3) is 1.84. The lowest BCUT2D eigenvalue weighted by Crippen LogP contribution is -1.88. The van der Waals surface area contributed by atoms with E-state index >= 15 is 0 Å². The molecule has 1 saturated carbocycles. The molecule has 0 amide bonds. The van der Waals surface area contributed by atoms with Gasteiger partial charge in [-0.15, -0.1) is 0 Å². The highest BCUT2D eigenvalue weighted by Crippen LogP contribution is 2.45. The molecular formula is C10H10BrClO. The van der Waals surface area contributed by atoms with E-state index in [2.05, 4.69) is 15.9 Å². The Morgan fingerprint density at radius 2 is 2.15 bits per heavy atom. The highest BCUT2D eigenvalue weighted by Gasteiger charge is 2.26. The number of methoxy groups -OCH3 is 1. The summed E-state index contributed by atoms with van der Waals surface area (Å²) in [5.41, 5.74) is 1.22. The zero-order valence-electron chi connectivity index (χ0n) is 7.31. The summed E-state index contributed by atoms with van der Waals surface area (Å²) in [7, 11) is 1.67. The molecule has 0 atom stereocenters. The Morgan fingerprint density at radius 1 is 1.46 bits per heavy atom. The zero-order valence-corrected chi connectivity index (χ0v) is 9.65. The summed E-state index contributed by atoms with van der Waals surface area (Å²) in [6.07, 6.45) is 2.51. The number of ether oxygens (including phenoxy) is 1. The van der Waals surface area contributed by atoms with Crippen LogP contribution >= 0.6 is 27.5 Å². The lowest BCUT2D eigenvalue weighted by atomic mass is 10.1. The van der Waals surface area contributed by atoms with E-state index in [9.17, 15) is 0 Å². The topological polar surface area (TPSA) is 9.23 Å². The van der Waals surface area contributed by atoms with E-state index in [1.54, 1.807) is 7.11 Å². The molecule has 0 aliphatic heterocycles.